The topological polar surface area (TPSA) is 155 Å². The minimum atomic E-state index is -4.74. The Kier molecular flexibility index (Phi) is 13.6. The summed E-state index contributed by atoms with van der Waals surface area (Å²) in [5, 5.41) is 9.06. The van der Waals surface area contributed by atoms with Crippen LogP contribution in [0.2, 0.25) is 0 Å². The standard InChI is InChI=1S/C37H44I2N2O8S2/c1-36(2)32(40(4)31-24-26(38)23-29(39)35(31)36)15-9-6-5-7-10-16-33-37(3,20-12-14-22-50(44,45)46)28-25-27(51(47,48)49)18-19-30(28)41(33)21-13-8-11-17-34(42)43/h5-7,9-10,15-16,18-19,23-25H,8,11-14,17,20-22H2,1-4H3,(H2-,42,43,44,45,46,47,48,49). The van der Waals surface area contributed by atoms with Crippen LogP contribution in [0.3, 0.4) is 0 Å². The summed E-state index contributed by atoms with van der Waals surface area (Å²) in [4.78, 5) is 12.8. The summed E-state index contributed by atoms with van der Waals surface area (Å²) < 4.78 is 72.9. The number of aliphatic carboxylic acids is 1. The van der Waals surface area contributed by atoms with Crippen molar-refractivity contribution in [2.75, 3.05) is 24.2 Å². The molecule has 2 aromatic carbocycles. The number of anilines is 1. The molecule has 2 aliphatic heterocycles. The minimum absolute atomic E-state index is 0.0671. The third-order valence-electron chi connectivity index (χ3n) is 9.57. The smallest absolute Gasteiger partial charge is 0.303 e. The highest BCUT2D eigenvalue weighted by Crippen LogP contribution is 2.51. The average Bonchev–Trinajstić information content (AvgIpc) is 3.36. The van der Waals surface area contributed by atoms with Crippen LogP contribution in [0.1, 0.15) is 76.8 Å². The van der Waals surface area contributed by atoms with E-state index in [9.17, 15) is 30.7 Å². The number of nitrogens with zero attached hydrogens (tertiary/aromatic N) is 2. The Bertz CT molecular complexity index is 2050. The van der Waals surface area contributed by atoms with Crippen molar-refractivity contribution in [3.05, 3.63) is 96.8 Å². The van der Waals surface area contributed by atoms with E-state index >= 15 is 0 Å². The number of carboxylic acids is 1. The summed E-state index contributed by atoms with van der Waals surface area (Å²) in [6.07, 6.45) is 16.7. The van der Waals surface area contributed by atoms with Gasteiger partial charge in [0.1, 0.15) is 17.2 Å². The fourth-order valence-corrected chi connectivity index (χ4v) is 10.7. The SMILES string of the molecule is C[N+]1=C(C=CC=CC=CC=C2N(CCCCCC(=O)O)c3ccc(S(=O)(=O)[O-])cc3C2(C)CCCCS(=O)(=O)O)C(C)(C)c2c(I)cc(I)cc21. The molecule has 2 aliphatic rings. The molecule has 0 aliphatic carbocycles. The lowest BCUT2D eigenvalue weighted by Gasteiger charge is -2.30. The van der Waals surface area contributed by atoms with Crippen molar-refractivity contribution in [3.63, 3.8) is 0 Å². The lowest BCUT2D eigenvalue weighted by atomic mass is 9.77. The third kappa shape index (κ3) is 9.99. The van der Waals surface area contributed by atoms with Gasteiger partial charge in [0.05, 0.1) is 21.6 Å². The normalized spacial score (nSPS) is 19.7. The van der Waals surface area contributed by atoms with Crippen molar-refractivity contribution in [1.29, 1.82) is 0 Å². The van der Waals surface area contributed by atoms with Gasteiger partial charge in [-0.05, 0) is 128 Å². The van der Waals surface area contributed by atoms with E-state index < -0.39 is 37.4 Å². The van der Waals surface area contributed by atoms with Gasteiger partial charge in [-0.1, -0.05) is 43.2 Å². The van der Waals surface area contributed by atoms with Crippen LogP contribution < -0.4 is 4.90 Å². The number of benzene rings is 2. The van der Waals surface area contributed by atoms with Crippen molar-refractivity contribution in [3.8, 4) is 0 Å². The van der Waals surface area contributed by atoms with Gasteiger partial charge < -0.3 is 14.6 Å². The van der Waals surface area contributed by atoms with Crippen LogP contribution in [-0.4, -0.2) is 66.6 Å². The monoisotopic (exact) mass is 962 g/mol. The summed E-state index contributed by atoms with van der Waals surface area (Å²) >= 11 is 4.76. The van der Waals surface area contributed by atoms with E-state index in [0.717, 1.165) is 11.4 Å². The van der Waals surface area contributed by atoms with Gasteiger partial charge in [-0.25, -0.2) is 8.42 Å². The molecule has 0 saturated heterocycles. The molecule has 0 amide bonds. The molecule has 14 heteroatoms. The Hall–Kier alpha value is -2.38. The molecule has 0 aromatic heterocycles. The van der Waals surface area contributed by atoms with Gasteiger partial charge in [0, 0.05) is 49.0 Å². The summed E-state index contributed by atoms with van der Waals surface area (Å²) in [5.74, 6) is -1.25. The molecular formula is C37H44I2N2O8S2. The molecule has 0 saturated carbocycles. The first kappa shape index (κ1) is 41.4. The summed E-state index contributed by atoms with van der Waals surface area (Å²) in [6.45, 7) is 6.93. The summed E-state index contributed by atoms with van der Waals surface area (Å²) in [5.41, 5.74) is 4.96. The van der Waals surface area contributed by atoms with Crippen molar-refractivity contribution in [2.24, 2.45) is 0 Å². The zero-order valence-corrected chi connectivity index (χ0v) is 35.1. The van der Waals surface area contributed by atoms with E-state index in [-0.39, 0.29) is 23.2 Å². The quantitative estimate of drug-likeness (QED) is 0.0563. The predicted molar refractivity (Wildman–Crippen MR) is 217 cm³/mol. The van der Waals surface area contributed by atoms with Gasteiger partial charge in [-0.3, -0.25) is 9.35 Å². The number of halogens is 2. The molecule has 1 atom stereocenters. The highest BCUT2D eigenvalue weighted by molar-refractivity contribution is 14.1. The molecule has 0 radical (unpaired) electrons. The Balaban J connectivity index is 1.64. The Morgan fingerprint density at radius 3 is 2.29 bits per heavy atom. The number of unbranched alkanes of at least 4 members (excludes halogenated alkanes) is 3. The largest absolute Gasteiger partial charge is 0.744 e. The van der Waals surface area contributed by atoms with Crippen LogP contribution in [-0.2, 0) is 35.9 Å². The van der Waals surface area contributed by atoms with Crippen LogP contribution in [0.5, 0.6) is 0 Å². The van der Waals surface area contributed by atoms with E-state index in [1.807, 2.05) is 43.4 Å². The number of carbonyl (C=O) groups is 1. The van der Waals surface area contributed by atoms with E-state index in [4.69, 9.17) is 5.11 Å². The molecule has 1 unspecified atom stereocenters. The number of allylic oxidation sites excluding steroid dienone is 8. The summed E-state index contributed by atoms with van der Waals surface area (Å²) in [6, 6.07) is 8.73. The highest BCUT2D eigenvalue weighted by Gasteiger charge is 2.45. The number of rotatable bonds is 16. The fraction of sp³-hybridized carbons (Fsp3) is 0.405. The van der Waals surface area contributed by atoms with Crippen LogP contribution in [0, 0.1) is 7.14 Å². The molecule has 0 fully saturated rings. The number of fused-ring (bicyclic) bond motifs is 2. The molecule has 2 aromatic rings. The Morgan fingerprint density at radius 2 is 1.63 bits per heavy atom. The van der Waals surface area contributed by atoms with Gasteiger partial charge in [-0.2, -0.15) is 13.0 Å². The molecule has 0 spiro atoms. The molecular weight excluding hydrogens is 918 g/mol. The highest BCUT2D eigenvalue weighted by atomic mass is 127. The molecule has 2 N–H and O–H groups in total. The second-order valence-corrected chi connectivity index (χ2v) is 19.0. The Labute approximate surface area is 328 Å². The summed E-state index contributed by atoms with van der Waals surface area (Å²) in [7, 11) is -6.81. The van der Waals surface area contributed by atoms with Gasteiger partial charge >= 0.3 is 5.97 Å². The van der Waals surface area contributed by atoms with Crippen LogP contribution in [0.4, 0.5) is 11.4 Å². The maximum Gasteiger partial charge on any atom is 0.303 e. The van der Waals surface area contributed by atoms with Crippen LogP contribution in [0.15, 0.2) is 83.5 Å². The van der Waals surface area contributed by atoms with E-state index in [1.54, 1.807) is 6.07 Å². The van der Waals surface area contributed by atoms with Crippen LogP contribution in [0.25, 0.3) is 0 Å². The molecule has 51 heavy (non-hydrogen) atoms. The average molecular weight is 963 g/mol. The first-order chi connectivity index (χ1) is 23.8. The van der Waals surface area contributed by atoms with Gasteiger partial charge in [0.25, 0.3) is 10.1 Å². The Morgan fingerprint density at radius 1 is 0.941 bits per heavy atom. The van der Waals surface area contributed by atoms with E-state index in [2.05, 4.69) is 93.8 Å². The molecule has 4 rings (SSSR count). The zero-order valence-electron chi connectivity index (χ0n) is 29.1. The lowest BCUT2D eigenvalue weighted by molar-refractivity contribution is -0.401. The minimum Gasteiger partial charge on any atom is -0.744 e. The molecule has 10 nitrogen and oxygen atoms in total. The number of hydrogen-bond donors (Lipinski definition) is 2. The van der Waals surface area contributed by atoms with Crippen LogP contribution >= 0.6 is 45.2 Å². The molecule has 2 heterocycles. The van der Waals surface area contributed by atoms with Crippen molar-refractivity contribution in [2.45, 2.75) is 81.4 Å². The maximum atomic E-state index is 12.0. The second-order valence-electron chi connectivity index (χ2n) is 13.6. The van der Waals surface area contributed by atoms with Gasteiger partial charge in [-0.15, -0.1) is 0 Å². The van der Waals surface area contributed by atoms with Crippen molar-refractivity contribution >= 4 is 88.5 Å². The van der Waals surface area contributed by atoms with Crippen molar-refractivity contribution in [1.82, 2.24) is 0 Å². The first-order valence-electron chi connectivity index (χ1n) is 16.6. The van der Waals surface area contributed by atoms with Crippen molar-refractivity contribution < 1.29 is 40.4 Å². The van der Waals surface area contributed by atoms with E-state index in [0.29, 0.717) is 44.2 Å². The van der Waals surface area contributed by atoms with Gasteiger partial charge in [0.2, 0.25) is 5.69 Å². The van der Waals surface area contributed by atoms with Gasteiger partial charge in [0.15, 0.2) is 5.71 Å². The third-order valence-corrected chi connectivity index (χ3v) is 12.7. The lowest BCUT2D eigenvalue weighted by Crippen LogP contribution is -2.29. The maximum absolute atomic E-state index is 12.0. The van der Waals surface area contributed by atoms with E-state index in [1.165, 1.54) is 36.2 Å². The second kappa shape index (κ2) is 16.7. The molecule has 276 valence electrons. The molecule has 0 bridgehead atoms. The fourth-order valence-electron chi connectivity index (χ4n) is 7.10. The number of carboxylic acid groups (broad SMARTS) is 1. The zero-order chi connectivity index (χ0) is 37.8. The number of hydrogen-bond acceptors (Lipinski definition) is 7. The first-order valence-corrected chi connectivity index (χ1v) is 21.8. The predicted octanol–water partition coefficient (Wildman–Crippen LogP) is 7.84.